The lowest BCUT2D eigenvalue weighted by Crippen LogP contribution is -2.29. The van der Waals surface area contributed by atoms with Crippen LogP contribution in [0.15, 0.2) is 24.3 Å². The van der Waals surface area contributed by atoms with Crippen molar-refractivity contribution in [2.45, 2.75) is 19.9 Å². The van der Waals surface area contributed by atoms with E-state index in [-0.39, 0.29) is 12.3 Å². The molecule has 1 amide bonds. The number of carboxylic acid groups (broad SMARTS) is 1. The van der Waals surface area contributed by atoms with Crippen LogP contribution in [0.3, 0.4) is 0 Å². The van der Waals surface area contributed by atoms with E-state index in [2.05, 4.69) is 0 Å². The third kappa shape index (κ3) is 4.37. The summed E-state index contributed by atoms with van der Waals surface area (Å²) in [6.07, 6.45) is 0.0133. The first-order valence-electron chi connectivity index (χ1n) is 5.61. The molecular weight excluding hydrogens is 254 g/mol. The average Bonchev–Trinajstić information content (AvgIpc) is 2.31. The van der Waals surface area contributed by atoms with E-state index < -0.39 is 11.9 Å². The number of halogens is 1. The van der Waals surface area contributed by atoms with Crippen molar-refractivity contribution in [3.05, 3.63) is 34.9 Å². The molecule has 1 rings (SSSR count). The molecule has 1 aromatic carbocycles. The number of rotatable bonds is 5. The molecule has 0 saturated heterocycles. The van der Waals surface area contributed by atoms with E-state index in [0.717, 1.165) is 5.56 Å². The lowest BCUT2D eigenvalue weighted by Gasteiger charge is -2.18. The lowest BCUT2D eigenvalue weighted by atomic mass is 10.1. The first kappa shape index (κ1) is 14.5. The molecule has 0 saturated carbocycles. The highest BCUT2D eigenvalue weighted by atomic mass is 35.5. The summed E-state index contributed by atoms with van der Waals surface area (Å²) in [5, 5.41) is 9.39. The Morgan fingerprint density at radius 3 is 2.39 bits per heavy atom. The van der Waals surface area contributed by atoms with Crippen molar-refractivity contribution in [2.24, 2.45) is 5.92 Å². The minimum atomic E-state index is -0.955. The fourth-order valence-corrected chi connectivity index (χ4v) is 1.58. The van der Waals surface area contributed by atoms with Crippen molar-refractivity contribution in [3.63, 3.8) is 0 Å². The fraction of sp³-hybridized carbons (Fsp3) is 0.385. The van der Waals surface area contributed by atoms with Crippen LogP contribution < -0.4 is 0 Å². The number of carboxylic acids is 1. The summed E-state index contributed by atoms with van der Waals surface area (Å²) in [5.74, 6) is -1.80. The van der Waals surface area contributed by atoms with Gasteiger partial charge in [-0.25, -0.2) is 0 Å². The van der Waals surface area contributed by atoms with Gasteiger partial charge in [-0.05, 0) is 17.7 Å². The number of amides is 1. The first-order chi connectivity index (χ1) is 8.40. The molecule has 5 heteroatoms. The van der Waals surface area contributed by atoms with E-state index >= 15 is 0 Å². The van der Waals surface area contributed by atoms with E-state index in [9.17, 15) is 9.59 Å². The van der Waals surface area contributed by atoms with Crippen molar-refractivity contribution in [3.8, 4) is 0 Å². The number of nitrogens with zero attached hydrogens (tertiary/aromatic N) is 1. The Labute approximate surface area is 111 Å². The number of carbonyl (C=O) groups is 2. The number of benzene rings is 1. The van der Waals surface area contributed by atoms with Crippen LogP contribution in [0.5, 0.6) is 0 Å². The SMILES string of the molecule is CC(CC(=O)N(C)Cc1ccc(Cl)cc1)C(=O)O. The third-order valence-electron chi connectivity index (χ3n) is 2.66. The zero-order valence-corrected chi connectivity index (χ0v) is 11.1. The van der Waals surface area contributed by atoms with Crippen LogP contribution in [0.25, 0.3) is 0 Å². The van der Waals surface area contributed by atoms with Crippen molar-refractivity contribution in [1.29, 1.82) is 0 Å². The number of hydrogen-bond donors (Lipinski definition) is 1. The highest BCUT2D eigenvalue weighted by Crippen LogP contribution is 2.12. The molecule has 0 fully saturated rings. The van der Waals surface area contributed by atoms with E-state index in [1.165, 1.54) is 11.8 Å². The highest BCUT2D eigenvalue weighted by molar-refractivity contribution is 6.30. The topological polar surface area (TPSA) is 57.6 Å². The Kier molecular flexibility index (Phi) is 5.16. The maximum atomic E-state index is 11.8. The van der Waals surface area contributed by atoms with Gasteiger partial charge in [0, 0.05) is 25.0 Å². The van der Waals surface area contributed by atoms with Gasteiger partial charge in [0.2, 0.25) is 5.91 Å². The van der Waals surface area contributed by atoms with E-state index in [1.54, 1.807) is 19.2 Å². The predicted octanol–water partition coefficient (Wildman–Crippen LogP) is 2.41. The number of hydrogen-bond acceptors (Lipinski definition) is 2. The second kappa shape index (κ2) is 6.40. The molecule has 1 atom stereocenters. The zero-order chi connectivity index (χ0) is 13.7. The van der Waals surface area contributed by atoms with E-state index in [4.69, 9.17) is 16.7 Å². The van der Waals surface area contributed by atoms with Crippen LogP contribution in [0.4, 0.5) is 0 Å². The molecule has 0 spiro atoms. The van der Waals surface area contributed by atoms with Gasteiger partial charge in [0.15, 0.2) is 0 Å². The van der Waals surface area contributed by atoms with Gasteiger partial charge in [-0.15, -0.1) is 0 Å². The zero-order valence-electron chi connectivity index (χ0n) is 10.4. The van der Waals surface area contributed by atoms with Gasteiger partial charge in [-0.3, -0.25) is 9.59 Å². The summed E-state index contributed by atoms with van der Waals surface area (Å²) >= 11 is 5.77. The summed E-state index contributed by atoms with van der Waals surface area (Å²) in [4.78, 5) is 24.0. The van der Waals surface area contributed by atoms with Crippen LogP contribution in [0, 0.1) is 5.92 Å². The molecule has 1 N–H and O–H groups in total. The van der Waals surface area contributed by atoms with Gasteiger partial charge >= 0.3 is 5.97 Å². The van der Waals surface area contributed by atoms with Gasteiger partial charge in [0.25, 0.3) is 0 Å². The molecule has 98 valence electrons. The van der Waals surface area contributed by atoms with Gasteiger partial charge < -0.3 is 10.0 Å². The van der Waals surface area contributed by atoms with Gasteiger partial charge in [0.1, 0.15) is 0 Å². The second-order valence-corrected chi connectivity index (χ2v) is 4.76. The van der Waals surface area contributed by atoms with Gasteiger partial charge in [-0.2, -0.15) is 0 Å². The average molecular weight is 270 g/mol. The Hall–Kier alpha value is -1.55. The standard InChI is InChI=1S/C13H16ClNO3/c1-9(13(17)18)7-12(16)15(2)8-10-3-5-11(14)6-4-10/h3-6,9H,7-8H2,1-2H3,(H,17,18). The monoisotopic (exact) mass is 269 g/mol. The lowest BCUT2D eigenvalue weighted by molar-refractivity contribution is -0.145. The Morgan fingerprint density at radius 2 is 1.89 bits per heavy atom. The molecule has 0 aromatic heterocycles. The predicted molar refractivity (Wildman–Crippen MR) is 69.3 cm³/mol. The maximum absolute atomic E-state index is 11.8. The minimum Gasteiger partial charge on any atom is -0.481 e. The third-order valence-corrected chi connectivity index (χ3v) is 2.91. The second-order valence-electron chi connectivity index (χ2n) is 4.32. The number of aliphatic carboxylic acids is 1. The molecule has 18 heavy (non-hydrogen) atoms. The van der Waals surface area contributed by atoms with Crippen LogP contribution in [0.2, 0.25) is 5.02 Å². The van der Waals surface area contributed by atoms with Crippen LogP contribution in [-0.2, 0) is 16.1 Å². The van der Waals surface area contributed by atoms with E-state index in [1.807, 2.05) is 12.1 Å². The summed E-state index contributed by atoms with van der Waals surface area (Å²) < 4.78 is 0. The van der Waals surface area contributed by atoms with Crippen LogP contribution in [-0.4, -0.2) is 28.9 Å². The van der Waals surface area contributed by atoms with Crippen LogP contribution in [0.1, 0.15) is 18.9 Å². The molecule has 0 aliphatic heterocycles. The smallest absolute Gasteiger partial charge is 0.306 e. The minimum absolute atomic E-state index is 0.0133. The summed E-state index contributed by atoms with van der Waals surface area (Å²) in [5.41, 5.74) is 0.957. The molecule has 0 radical (unpaired) electrons. The maximum Gasteiger partial charge on any atom is 0.306 e. The summed E-state index contributed by atoms with van der Waals surface area (Å²) in [6.45, 7) is 1.97. The fourth-order valence-electron chi connectivity index (χ4n) is 1.46. The van der Waals surface area contributed by atoms with Gasteiger partial charge in [-0.1, -0.05) is 30.7 Å². The Morgan fingerprint density at radius 1 is 1.33 bits per heavy atom. The van der Waals surface area contributed by atoms with Gasteiger partial charge in [0.05, 0.1) is 5.92 Å². The summed E-state index contributed by atoms with van der Waals surface area (Å²) in [6, 6.07) is 7.20. The normalized spacial score (nSPS) is 11.9. The van der Waals surface area contributed by atoms with Crippen molar-refractivity contribution in [2.75, 3.05) is 7.05 Å². The summed E-state index contributed by atoms with van der Waals surface area (Å²) in [7, 11) is 1.66. The van der Waals surface area contributed by atoms with Crippen molar-refractivity contribution < 1.29 is 14.7 Å². The van der Waals surface area contributed by atoms with E-state index in [0.29, 0.717) is 11.6 Å². The first-order valence-corrected chi connectivity index (χ1v) is 5.99. The molecule has 4 nitrogen and oxygen atoms in total. The molecule has 0 heterocycles. The largest absolute Gasteiger partial charge is 0.481 e. The molecule has 1 unspecified atom stereocenters. The molecule has 1 aromatic rings. The molecular formula is C13H16ClNO3. The quantitative estimate of drug-likeness (QED) is 0.893. The number of carbonyl (C=O) groups excluding carboxylic acids is 1. The molecule has 0 aliphatic carbocycles. The molecule has 0 aliphatic rings. The Balaban J connectivity index is 2.54. The molecule has 0 bridgehead atoms. The van der Waals surface area contributed by atoms with Crippen LogP contribution >= 0.6 is 11.6 Å². The van der Waals surface area contributed by atoms with Crippen molar-refractivity contribution >= 4 is 23.5 Å². The highest BCUT2D eigenvalue weighted by Gasteiger charge is 2.18. The van der Waals surface area contributed by atoms with Crippen molar-refractivity contribution in [1.82, 2.24) is 4.90 Å². The Bertz CT molecular complexity index is 430.